The minimum atomic E-state index is -0.904. The van der Waals surface area contributed by atoms with E-state index < -0.39 is 11.6 Å². The normalized spacial score (nSPS) is 17.2. The number of carbonyl (C=O) groups is 1. The number of carbonyl (C=O) groups excluding carboxylic acids is 1. The van der Waals surface area contributed by atoms with Gasteiger partial charge in [-0.15, -0.1) is 0 Å². The van der Waals surface area contributed by atoms with Gasteiger partial charge in [0, 0.05) is 30.8 Å². The maximum atomic E-state index is 15.2. The number of nitrogens with one attached hydrogen (secondary N) is 3. The third-order valence-electron chi connectivity index (χ3n) is 5.92. The summed E-state index contributed by atoms with van der Waals surface area (Å²) in [6.45, 7) is 6.70. The highest BCUT2D eigenvalue weighted by Crippen LogP contribution is 2.38. The van der Waals surface area contributed by atoms with Crippen molar-refractivity contribution in [1.29, 1.82) is 0 Å². The monoisotopic (exact) mass is 514 g/mol. The van der Waals surface area contributed by atoms with Crippen LogP contribution in [0.3, 0.4) is 0 Å². The van der Waals surface area contributed by atoms with Crippen molar-refractivity contribution in [2.45, 2.75) is 25.4 Å². The Morgan fingerprint density at radius 2 is 1.92 bits per heavy atom. The lowest BCUT2D eigenvalue weighted by Crippen LogP contribution is -2.52. The smallest absolute Gasteiger partial charge is 0.243 e. The first kappa shape index (κ1) is 26.0. The van der Waals surface area contributed by atoms with Gasteiger partial charge in [-0.05, 0) is 25.5 Å². The van der Waals surface area contributed by atoms with Crippen molar-refractivity contribution < 1.29 is 27.8 Å². The van der Waals surface area contributed by atoms with Gasteiger partial charge >= 0.3 is 0 Å². The molecule has 4 rings (SSSR count). The van der Waals surface area contributed by atoms with Gasteiger partial charge in [-0.25, -0.2) is 23.7 Å². The van der Waals surface area contributed by atoms with Crippen molar-refractivity contribution in [3.63, 3.8) is 0 Å². The SMILES string of the molecule is C=CC(=O)N[C@H]1CCOC[C@H]1Nc1ncc2cc(-c3c(F)c(OC)cc(OC)c3F)nc(NCC)c2n1. The Kier molecular flexibility index (Phi) is 7.97. The largest absolute Gasteiger partial charge is 0.494 e. The second kappa shape index (κ2) is 11.3. The highest BCUT2D eigenvalue weighted by atomic mass is 19.1. The zero-order valence-electron chi connectivity index (χ0n) is 20.7. The van der Waals surface area contributed by atoms with Crippen LogP contribution < -0.4 is 25.4 Å². The molecule has 3 heterocycles. The molecule has 10 nitrogen and oxygen atoms in total. The van der Waals surface area contributed by atoms with Gasteiger partial charge in [-0.1, -0.05) is 6.58 Å². The van der Waals surface area contributed by atoms with E-state index in [2.05, 4.69) is 37.5 Å². The lowest BCUT2D eigenvalue weighted by Gasteiger charge is -2.32. The van der Waals surface area contributed by atoms with Crippen molar-refractivity contribution in [3.8, 4) is 22.8 Å². The molecule has 0 bridgehead atoms. The summed E-state index contributed by atoms with van der Waals surface area (Å²) in [5.74, 6) is -1.84. The van der Waals surface area contributed by atoms with Gasteiger partial charge in [0.2, 0.25) is 11.9 Å². The van der Waals surface area contributed by atoms with E-state index in [1.807, 2.05) is 6.92 Å². The van der Waals surface area contributed by atoms with E-state index in [0.717, 1.165) is 6.07 Å². The van der Waals surface area contributed by atoms with Gasteiger partial charge in [0.05, 0.1) is 44.2 Å². The van der Waals surface area contributed by atoms with Crippen LogP contribution in [-0.2, 0) is 9.53 Å². The summed E-state index contributed by atoms with van der Waals surface area (Å²) in [6, 6.07) is 2.15. The maximum absolute atomic E-state index is 15.2. The van der Waals surface area contributed by atoms with Gasteiger partial charge in [0.15, 0.2) is 29.0 Å². The highest BCUT2D eigenvalue weighted by molar-refractivity contribution is 5.92. The Morgan fingerprint density at radius 3 is 2.57 bits per heavy atom. The predicted octanol–water partition coefficient (Wildman–Crippen LogP) is 3.29. The predicted molar refractivity (Wildman–Crippen MR) is 135 cm³/mol. The summed E-state index contributed by atoms with van der Waals surface area (Å²) in [5, 5.41) is 9.71. The average Bonchev–Trinajstić information content (AvgIpc) is 2.90. The number of hydrogen-bond acceptors (Lipinski definition) is 9. The quantitative estimate of drug-likeness (QED) is 0.370. The Balaban J connectivity index is 1.75. The van der Waals surface area contributed by atoms with E-state index in [0.29, 0.717) is 42.9 Å². The van der Waals surface area contributed by atoms with Crippen LogP contribution in [0.1, 0.15) is 13.3 Å². The zero-order valence-corrected chi connectivity index (χ0v) is 20.7. The van der Waals surface area contributed by atoms with Crippen LogP contribution >= 0.6 is 0 Å². The van der Waals surface area contributed by atoms with E-state index in [-0.39, 0.29) is 46.7 Å². The molecule has 12 heteroatoms. The number of rotatable bonds is 9. The number of methoxy groups -OCH3 is 2. The van der Waals surface area contributed by atoms with Crippen LogP contribution in [0.2, 0.25) is 0 Å². The van der Waals surface area contributed by atoms with Crippen LogP contribution in [-0.4, -0.2) is 66.9 Å². The summed E-state index contributed by atoms with van der Waals surface area (Å²) >= 11 is 0. The molecule has 196 valence electrons. The molecule has 3 N–H and O–H groups in total. The van der Waals surface area contributed by atoms with Gasteiger partial charge in [-0.3, -0.25) is 4.79 Å². The highest BCUT2D eigenvalue weighted by Gasteiger charge is 2.28. The summed E-state index contributed by atoms with van der Waals surface area (Å²) in [6.07, 6.45) is 3.36. The van der Waals surface area contributed by atoms with Crippen LogP contribution in [0, 0.1) is 11.6 Å². The van der Waals surface area contributed by atoms with Gasteiger partial charge in [0.25, 0.3) is 0 Å². The number of nitrogens with zero attached hydrogens (tertiary/aromatic N) is 3. The number of halogens is 2. The second-order valence-electron chi connectivity index (χ2n) is 8.24. The summed E-state index contributed by atoms with van der Waals surface area (Å²) in [5.41, 5.74) is 0.0784. The Labute approximate surface area is 212 Å². The first-order chi connectivity index (χ1) is 17.9. The minimum absolute atomic E-state index is 0.0211. The average molecular weight is 515 g/mol. The fraction of sp³-hybridized carbons (Fsp3) is 0.360. The van der Waals surface area contributed by atoms with Crippen molar-refractivity contribution in [2.75, 3.05) is 44.6 Å². The molecule has 1 amide bonds. The molecule has 1 saturated heterocycles. The molecule has 1 aliphatic heterocycles. The molecule has 3 aromatic rings. The van der Waals surface area contributed by atoms with Gasteiger partial charge in [-0.2, -0.15) is 0 Å². The molecule has 37 heavy (non-hydrogen) atoms. The van der Waals surface area contributed by atoms with Crippen LogP contribution in [0.25, 0.3) is 22.2 Å². The number of ether oxygens (including phenoxy) is 3. The molecule has 0 saturated carbocycles. The van der Waals surface area contributed by atoms with E-state index in [9.17, 15) is 4.79 Å². The third-order valence-corrected chi connectivity index (χ3v) is 5.92. The van der Waals surface area contributed by atoms with E-state index in [4.69, 9.17) is 14.2 Å². The number of hydrogen-bond donors (Lipinski definition) is 3. The third kappa shape index (κ3) is 5.38. The fourth-order valence-electron chi connectivity index (χ4n) is 4.10. The number of amides is 1. The van der Waals surface area contributed by atoms with Crippen molar-refractivity contribution >= 4 is 28.6 Å². The lowest BCUT2D eigenvalue weighted by atomic mass is 10.0. The topological polar surface area (TPSA) is 120 Å². The van der Waals surface area contributed by atoms with Crippen molar-refractivity contribution in [3.05, 3.63) is 42.6 Å². The molecule has 1 aliphatic rings. The Bertz CT molecular complexity index is 1290. The van der Waals surface area contributed by atoms with E-state index in [1.165, 1.54) is 32.6 Å². The lowest BCUT2D eigenvalue weighted by molar-refractivity contribution is -0.117. The molecule has 2 aromatic heterocycles. The molecule has 0 unspecified atom stereocenters. The first-order valence-electron chi connectivity index (χ1n) is 11.7. The first-order valence-corrected chi connectivity index (χ1v) is 11.7. The number of aromatic nitrogens is 3. The summed E-state index contributed by atoms with van der Waals surface area (Å²) in [7, 11) is 2.56. The van der Waals surface area contributed by atoms with Gasteiger partial charge < -0.3 is 30.2 Å². The minimum Gasteiger partial charge on any atom is -0.494 e. The number of pyridine rings is 1. The second-order valence-corrected chi connectivity index (χ2v) is 8.24. The molecule has 0 radical (unpaired) electrons. The molecule has 2 atom stereocenters. The van der Waals surface area contributed by atoms with Crippen LogP contribution in [0.15, 0.2) is 31.0 Å². The number of anilines is 2. The van der Waals surface area contributed by atoms with Crippen LogP contribution in [0.4, 0.5) is 20.5 Å². The molecular formula is C25H28F2N6O4. The van der Waals surface area contributed by atoms with Crippen molar-refractivity contribution in [1.82, 2.24) is 20.3 Å². The molecule has 0 aliphatic carbocycles. The number of benzene rings is 1. The molecular weight excluding hydrogens is 486 g/mol. The zero-order chi connectivity index (χ0) is 26.5. The standard InChI is InChI=1S/C25H28F2N6O4/c1-5-19(34)30-14-7-8-37-12-16(14)32-25-29-11-13-9-15(31-24(28-6-2)23(13)33-25)20-21(26)17(35-3)10-18(36-4)22(20)27/h5,9-11,14,16H,1,6-8,12H2,2-4H3,(H,28,31)(H,30,34)(H,29,32,33)/t14-,16+/m0/s1. The van der Waals surface area contributed by atoms with Crippen molar-refractivity contribution in [2.24, 2.45) is 0 Å². The Hall–Kier alpha value is -4.06. The molecule has 1 fully saturated rings. The summed E-state index contributed by atoms with van der Waals surface area (Å²) in [4.78, 5) is 25.3. The molecule has 0 spiro atoms. The Morgan fingerprint density at radius 1 is 1.19 bits per heavy atom. The van der Waals surface area contributed by atoms with Gasteiger partial charge in [0.1, 0.15) is 5.52 Å². The van der Waals surface area contributed by atoms with E-state index in [1.54, 1.807) is 0 Å². The fourth-order valence-corrected chi connectivity index (χ4v) is 4.10. The molecule has 1 aromatic carbocycles. The van der Waals surface area contributed by atoms with E-state index >= 15 is 8.78 Å². The number of fused-ring (bicyclic) bond motifs is 1. The summed E-state index contributed by atoms with van der Waals surface area (Å²) < 4.78 is 46.0. The van der Waals surface area contributed by atoms with Crippen LogP contribution in [0.5, 0.6) is 11.5 Å². The maximum Gasteiger partial charge on any atom is 0.243 e.